The molecule has 3 atom stereocenters. The summed E-state index contributed by atoms with van der Waals surface area (Å²) >= 11 is 0. The standard InChI is InChI=1S/C13H20N2O/c1-2-3-4-13(16)15-14-9-12-8-10-5-6-11(12)7-10/h5-6,9-12H,2-4,7-8H2,1H3,(H,15,16)/b14-9+. The summed E-state index contributed by atoms with van der Waals surface area (Å²) in [6.45, 7) is 2.08. The van der Waals surface area contributed by atoms with Crippen LogP contribution < -0.4 is 5.43 Å². The maximum absolute atomic E-state index is 11.3. The van der Waals surface area contributed by atoms with Gasteiger partial charge in [0.1, 0.15) is 0 Å². The highest BCUT2D eigenvalue weighted by Crippen LogP contribution is 2.42. The molecule has 2 aliphatic carbocycles. The van der Waals surface area contributed by atoms with Gasteiger partial charge in [0, 0.05) is 18.6 Å². The van der Waals surface area contributed by atoms with Gasteiger partial charge in [0.05, 0.1) is 0 Å². The number of amides is 1. The molecule has 88 valence electrons. The van der Waals surface area contributed by atoms with Gasteiger partial charge in [0.2, 0.25) is 5.91 Å². The predicted octanol–water partition coefficient (Wildman–Crippen LogP) is 2.49. The van der Waals surface area contributed by atoms with Gasteiger partial charge in [-0.15, -0.1) is 0 Å². The fraction of sp³-hybridized carbons (Fsp3) is 0.692. The molecule has 1 amide bonds. The monoisotopic (exact) mass is 220 g/mol. The SMILES string of the molecule is CCCCC(=O)N/N=C/C1CC2C=CC1C2. The van der Waals surface area contributed by atoms with Crippen LogP contribution in [0.2, 0.25) is 0 Å². The minimum Gasteiger partial charge on any atom is -0.273 e. The van der Waals surface area contributed by atoms with Gasteiger partial charge in [-0.1, -0.05) is 25.5 Å². The second kappa shape index (κ2) is 5.28. The molecule has 1 N–H and O–H groups in total. The number of fused-ring (bicyclic) bond motifs is 2. The van der Waals surface area contributed by atoms with Crippen LogP contribution in [0.3, 0.4) is 0 Å². The normalized spacial score (nSPS) is 31.4. The summed E-state index contributed by atoms with van der Waals surface area (Å²) in [7, 11) is 0. The first-order chi connectivity index (χ1) is 7.79. The van der Waals surface area contributed by atoms with Crippen LogP contribution >= 0.6 is 0 Å². The number of nitrogens with one attached hydrogen (secondary N) is 1. The zero-order valence-corrected chi connectivity index (χ0v) is 9.86. The maximum Gasteiger partial charge on any atom is 0.240 e. The average Bonchev–Trinajstić information content (AvgIpc) is 2.88. The smallest absolute Gasteiger partial charge is 0.240 e. The molecule has 16 heavy (non-hydrogen) atoms. The summed E-state index contributed by atoms with van der Waals surface area (Å²) in [5.74, 6) is 2.01. The largest absolute Gasteiger partial charge is 0.273 e. The van der Waals surface area contributed by atoms with Gasteiger partial charge >= 0.3 is 0 Å². The van der Waals surface area contributed by atoms with E-state index in [2.05, 4.69) is 29.6 Å². The van der Waals surface area contributed by atoms with Crippen LogP contribution in [0.5, 0.6) is 0 Å². The van der Waals surface area contributed by atoms with Crippen molar-refractivity contribution in [2.24, 2.45) is 22.9 Å². The number of hydrogen-bond donors (Lipinski definition) is 1. The molecule has 2 rings (SSSR count). The Bertz CT molecular complexity index is 309. The van der Waals surface area contributed by atoms with Crippen molar-refractivity contribution in [3.63, 3.8) is 0 Å². The van der Waals surface area contributed by atoms with Gasteiger partial charge in [0.25, 0.3) is 0 Å². The van der Waals surface area contributed by atoms with Gasteiger partial charge < -0.3 is 0 Å². The zero-order valence-electron chi connectivity index (χ0n) is 9.86. The first kappa shape index (κ1) is 11.4. The van der Waals surface area contributed by atoms with Crippen molar-refractivity contribution in [3.05, 3.63) is 12.2 Å². The lowest BCUT2D eigenvalue weighted by Gasteiger charge is -2.11. The number of carbonyl (C=O) groups is 1. The number of allylic oxidation sites excluding steroid dienone is 2. The molecule has 0 aromatic heterocycles. The number of hydrazone groups is 1. The second-order valence-electron chi connectivity index (χ2n) is 4.86. The van der Waals surface area contributed by atoms with Crippen molar-refractivity contribution in [2.45, 2.75) is 39.0 Å². The third-order valence-corrected chi connectivity index (χ3v) is 3.54. The van der Waals surface area contributed by atoms with Crippen LogP contribution in [0.15, 0.2) is 17.3 Å². The number of nitrogens with zero attached hydrogens (tertiary/aromatic N) is 1. The number of rotatable bonds is 5. The van der Waals surface area contributed by atoms with E-state index in [1.165, 1.54) is 12.8 Å². The van der Waals surface area contributed by atoms with Gasteiger partial charge in [0.15, 0.2) is 0 Å². The summed E-state index contributed by atoms with van der Waals surface area (Å²) in [5.41, 5.74) is 2.61. The molecule has 2 aliphatic rings. The van der Waals surface area contributed by atoms with Crippen molar-refractivity contribution in [3.8, 4) is 0 Å². The molecule has 1 fully saturated rings. The van der Waals surface area contributed by atoms with Crippen LogP contribution in [0, 0.1) is 17.8 Å². The maximum atomic E-state index is 11.3. The van der Waals surface area contributed by atoms with Crippen LogP contribution in [0.4, 0.5) is 0 Å². The summed E-state index contributed by atoms with van der Waals surface area (Å²) in [6.07, 6.45) is 11.6. The molecule has 1 saturated carbocycles. The van der Waals surface area contributed by atoms with Gasteiger partial charge in [-0.05, 0) is 31.1 Å². The Morgan fingerprint density at radius 3 is 3.00 bits per heavy atom. The minimum absolute atomic E-state index is 0.0387. The molecule has 2 bridgehead atoms. The minimum atomic E-state index is 0.0387. The molecule has 0 heterocycles. The van der Waals surface area contributed by atoms with E-state index in [1.807, 2.05) is 6.21 Å². The van der Waals surface area contributed by atoms with Crippen LogP contribution in [-0.4, -0.2) is 12.1 Å². The van der Waals surface area contributed by atoms with Crippen molar-refractivity contribution >= 4 is 12.1 Å². The molecular formula is C13H20N2O. The Kier molecular flexibility index (Phi) is 3.75. The van der Waals surface area contributed by atoms with Crippen molar-refractivity contribution in [1.82, 2.24) is 5.43 Å². The topological polar surface area (TPSA) is 41.5 Å². The van der Waals surface area contributed by atoms with E-state index in [0.717, 1.165) is 18.8 Å². The van der Waals surface area contributed by atoms with Crippen LogP contribution in [-0.2, 0) is 4.79 Å². The van der Waals surface area contributed by atoms with Gasteiger partial charge in [-0.25, -0.2) is 5.43 Å². The molecule has 0 aromatic rings. The second-order valence-corrected chi connectivity index (χ2v) is 4.86. The lowest BCUT2D eigenvalue weighted by Crippen LogP contribution is -2.18. The first-order valence-corrected chi connectivity index (χ1v) is 6.30. The molecule has 3 unspecified atom stereocenters. The molecule has 0 radical (unpaired) electrons. The van der Waals surface area contributed by atoms with E-state index < -0.39 is 0 Å². The summed E-state index contributed by atoms with van der Waals surface area (Å²) < 4.78 is 0. The fourth-order valence-corrected chi connectivity index (χ4v) is 2.59. The zero-order chi connectivity index (χ0) is 11.4. The Morgan fingerprint density at radius 1 is 1.50 bits per heavy atom. The number of carbonyl (C=O) groups excluding carboxylic acids is 1. The molecule has 3 heteroatoms. The molecular weight excluding hydrogens is 200 g/mol. The Labute approximate surface area is 97.0 Å². The Hall–Kier alpha value is -1.12. The Balaban J connectivity index is 1.70. The summed E-state index contributed by atoms with van der Waals surface area (Å²) in [6, 6.07) is 0. The lowest BCUT2D eigenvalue weighted by molar-refractivity contribution is -0.121. The highest BCUT2D eigenvalue weighted by atomic mass is 16.2. The van der Waals surface area contributed by atoms with E-state index in [1.54, 1.807) is 0 Å². The third kappa shape index (κ3) is 2.71. The summed E-state index contributed by atoms with van der Waals surface area (Å²) in [5, 5.41) is 4.07. The van der Waals surface area contributed by atoms with Crippen LogP contribution in [0.25, 0.3) is 0 Å². The van der Waals surface area contributed by atoms with Crippen molar-refractivity contribution < 1.29 is 4.79 Å². The Morgan fingerprint density at radius 2 is 2.38 bits per heavy atom. The van der Waals surface area contributed by atoms with E-state index in [0.29, 0.717) is 18.3 Å². The van der Waals surface area contributed by atoms with Gasteiger partial charge in [-0.3, -0.25) is 4.79 Å². The quantitative estimate of drug-likeness (QED) is 0.431. The molecule has 3 nitrogen and oxygen atoms in total. The van der Waals surface area contributed by atoms with E-state index >= 15 is 0 Å². The highest BCUT2D eigenvalue weighted by Gasteiger charge is 2.34. The first-order valence-electron chi connectivity index (χ1n) is 6.30. The fourth-order valence-electron chi connectivity index (χ4n) is 2.59. The van der Waals surface area contributed by atoms with E-state index in [9.17, 15) is 4.79 Å². The predicted molar refractivity (Wildman–Crippen MR) is 65.0 cm³/mol. The lowest BCUT2D eigenvalue weighted by atomic mass is 9.95. The third-order valence-electron chi connectivity index (χ3n) is 3.54. The highest BCUT2D eigenvalue weighted by molar-refractivity contribution is 5.77. The number of hydrogen-bond acceptors (Lipinski definition) is 2. The van der Waals surface area contributed by atoms with Gasteiger partial charge in [-0.2, -0.15) is 5.10 Å². The number of unbranched alkanes of at least 4 members (excludes halogenated alkanes) is 1. The molecule has 0 aromatic carbocycles. The van der Waals surface area contributed by atoms with E-state index in [-0.39, 0.29) is 5.91 Å². The molecule has 0 saturated heterocycles. The average molecular weight is 220 g/mol. The van der Waals surface area contributed by atoms with Crippen molar-refractivity contribution in [2.75, 3.05) is 0 Å². The van der Waals surface area contributed by atoms with Crippen molar-refractivity contribution in [1.29, 1.82) is 0 Å². The summed E-state index contributed by atoms with van der Waals surface area (Å²) in [4.78, 5) is 11.3. The molecule has 0 spiro atoms. The molecule has 0 aliphatic heterocycles. The van der Waals surface area contributed by atoms with E-state index in [4.69, 9.17) is 0 Å². The van der Waals surface area contributed by atoms with Crippen LogP contribution in [0.1, 0.15) is 39.0 Å².